The summed E-state index contributed by atoms with van der Waals surface area (Å²) in [5.74, 6) is -1.27. The van der Waals surface area contributed by atoms with Gasteiger partial charge in [-0.1, -0.05) is 12.8 Å². The highest BCUT2D eigenvalue weighted by atomic mass is 19.4. The molecule has 2 aromatic rings. The van der Waals surface area contributed by atoms with Gasteiger partial charge in [0.1, 0.15) is 0 Å². The van der Waals surface area contributed by atoms with Gasteiger partial charge in [-0.15, -0.1) is 0 Å². The van der Waals surface area contributed by atoms with Crippen molar-refractivity contribution in [2.75, 3.05) is 0 Å². The Bertz CT molecular complexity index is 667. The molecule has 1 aliphatic carbocycles. The zero-order valence-corrected chi connectivity index (χ0v) is 9.87. The first-order valence-electron chi connectivity index (χ1n) is 6.01. The maximum Gasteiger partial charge on any atom is 0.449 e. The summed E-state index contributed by atoms with van der Waals surface area (Å²) in [6, 6.07) is 0.0837. The minimum absolute atomic E-state index is 0.0166. The molecule has 1 aliphatic rings. The van der Waals surface area contributed by atoms with E-state index in [-0.39, 0.29) is 17.2 Å². The van der Waals surface area contributed by atoms with E-state index in [4.69, 9.17) is 0 Å². The van der Waals surface area contributed by atoms with E-state index in [1.54, 1.807) is 9.55 Å². The average molecular weight is 272 g/mol. The Labute approximate surface area is 105 Å². The lowest BCUT2D eigenvalue weighted by molar-refractivity contribution is -0.144. The van der Waals surface area contributed by atoms with Crippen LogP contribution < -0.4 is 5.56 Å². The maximum atomic E-state index is 12.6. The predicted molar refractivity (Wildman–Crippen MR) is 60.7 cm³/mol. The van der Waals surface area contributed by atoms with Gasteiger partial charge in [-0.25, -0.2) is 9.97 Å². The second-order valence-corrected chi connectivity index (χ2v) is 4.67. The molecular formula is C11H11F3N4O. The van der Waals surface area contributed by atoms with Crippen molar-refractivity contribution in [1.82, 2.24) is 19.5 Å². The van der Waals surface area contributed by atoms with Crippen LogP contribution in [-0.2, 0) is 6.18 Å². The van der Waals surface area contributed by atoms with Crippen LogP contribution in [0.3, 0.4) is 0 Å². The van der Waals surface area contributed by atoms with Gasteiger partial charge < -0.3 is 9.55 Å². The van der Waals surface area contributed by atoms with Crippen molar-refractivity contribution in [3.8, 4) is 0 Å². The molecule has 2 aromatic heterocycles. The molecule has 0 atom stereocenters. The Balaban J connectivity index is 2.20. The van der Waals surface area contributed by atoms with E-state index < -0.39 is 17.6 Å². The van der Waals surface area contributed by atoms with Crippen molar-refractivity contribution in [3.63, 3.8) is 0 Å². The van der Waals surface area contributed by atoms with E-state index in [2.05, 4.69) is 9.97 Å². The second kappa shape index (κ2) is 4.07. The van der Waals surface area contributed by atoms with E-state index in [0.717, 1.165) is 25.7 Å². The third-order valence-electron chi connectivity index (χ3n) is 3.42. The molecule has 2 heterocycles. The summed E-state index contributed by atoms with van der Waals surface area (Å²) in [5, 5.41) is 0. The van der Waals surface area contributed by atoms with Gasteiger partial charge in [-0.05, 0) is 12.8 Å². The molecule has 0 spiro atoms. The number of halogens is 3. The zero-order chi connectivity index (χ0) is 13.6. The van der Waals surface area contributed by atoms with Gasteiger partial charge in [0.15, 0.2) is 11.2 Å². The van der Waals surface area contributed by atoms with Crippen LogP contribution in [0.5, 0.6) is 0 Å². The number of hydrogen-bond donors (Lipinski definition) is 1. The maximum absolute atomic E-state index is 12.6. The monoisotopic (exact) mass is 272 g/mol. The van der Waals surface area contributed by atoms with Gasteiger partial charge in [-0.2, -0.15) is 13.2 Å². The lowest BCUT2D eigenvalue weighted by atomic mass is 10.2. The van der Waals surface area contributed by atoms with Crippen LogP contribution in [0.15, 0.2) is 11.1 Å². The number of H-pyrrole nitrogens is 1. The molecule has 0 radical (unpaired) electrons. The van der Waals surface area contributed by atoms with Gasteiger partial charge in [0, 0.05) is 6.04 Å². The number of nitrogens with zero attached hydrogens (tertiary/aromatic N) is 3. The SMILES string of the molecule is O=c1[nH]c(C(F)(F)F)nc2c1ncn2C1CCCC1. The van der Waals surface area contributed by atoms with E-state index in [1.165, 1.54) is 6.33 Å². The summed E-state index contributed by atoms with van der Waals surface area (Å²) in [5.41, 5.74) is -0.878. The van der Waals surface area contributed by atoms with Gasteiger partial charge in [-0.3, -0.25) is 4.79 Å². The fourth-order valence-corrected chi connectivity index (χ4v) is 2.51. The van der Waals surface area contributed by atoms with Crippen LogP contribution in [0.4, 0.5) is 13.2 Å². The lowest BCUT2D eigenvalue weighted by Gasteiger charge is -2.12. The van der Waals surface area contributed by atoms with Crippen LogP contribution in [-0.4, -0.2) is 19.5 Å². The third-order valence-corrected chi connectivity index (χ3v) is 3.42. The first kappa shape index (κ1) is 12.2. The Morgan fingerprint density at radius 3 is 2.63 bits per heavy atom. The van der Waals surface area contributed by atoms with Crippen molar-refractivity contribution in [2.24, 2.45) is 0 Å². The molecule has 0 bridgehead atoms. The minimum atomic E-state index is -4.67. The summed E-state index contributed by atoms with van der Waals surface area (Å²) in [7, 11) is 0. The van der Waals surface area contributed by atoms with E-state index in [1.807, 2.05) is 0 Å². The lowest BCUT2D eigenvalue weighted by Crippen LogP contribution is -2.20. The molecule has 0 aromatic carbocycles. The highest BCUT2D eigenvalue weighted by molar-refractivity contribution is 5.69. The van der Waals surface area contributed by atoms with E-state index in [0.29, 0.717) is 0 Å². The number of fused-ring (bicyclic) bond motifs is 1. The largest absolute Gasteiger partial charge is 0.449 e. The molecule has 1 saturated carbocycles. The summed E-state index contributed by atoms with van der Waals surface area (Å²) in [6.45, 7) is 0. The van der Waals surface area contributed by atoms with Crippen molar-refractivity contribution in [2.45, 2.75) is 37.9 Å². The minimum Gasteiger partial charge on any atom is -0.312 e. The average Bonchev–Trinajstić information content (AvgIpc) is 2.94. The quantitative estimate of drug-likeness (QED) is 0.866. The molecular weight excluding hydrogens is 261 g/mol. The molecule has 0 amide bonds. The third kappa shape index (κ3) is 2.00. The van der Waals surface area contributed by atoms with Crippen LogP contribution >= 0.6 is 0 Å². The number of aromatic amines is 1. The second-order valence-electron chi connectivity index (χ2n) is 4.67. The van der Waals surface area contributed by atoms with Crippen LogP contribution in [0.1, 0.15) is 37.5 Å². The number of imidazole rings is 1. The number of alkyl halides is 3. The number of aromatic nitrogens is 4. The summed E-state index contributed by atoms with van der Waals surface area (Å²) < 4.78 is 39.5. The summed E-state index contributed by atoms with van der Waals surface area (Å²) >= 11 is 0. The first-order valence-corrected chi connectivity index (χ1v) is 6.01. The van der Waals surface area contributed by atoms with Crippen LogP contribution in [0.2, 0.25) is 0 Å². The summed E-state index contributed by atoms with van der Waals surface area (Å²) in [6.07, 6.45) is 0.545. The first-order chi connectivity index (χ1) is 8.97. The molecule has 0 saturated heterocycles. The van der Waals surface area contributed by atoms with Crippen molar-refractivity contribution < 1.29 is 13.2 Å². The number of nitrogens with one attached hydrogen (secondary N) is 1. The Morgan fingerprint density at radius 1 is 1.32 bits per heavy atom. The zero-order valence-electron chi connectivity index (χ0n) is 9.87. The molecule has 8 heteroatoms. The van der Waals surface area contributed by atoms with E-state index in [9.17, 15) is 18.0 Å². The predicted octanol–water partition coefficient (Wildman–Crippen LogP) is 2.25. The van der Waals surface area contributed by atoms with Gasteiger partial charge >= 0.3 is 6.18 Å². The van der Waals surface area contributed by atoms with Gasteiger partial charge in [0.2, 0.25) is 5.82 Å². The van der Waals surface area contributed by atoms with Crippen molar-refractivity contribution in [1.29, 1.82) is 0 Å². The van der Waals surface area contributed by atoms with Crippen molar-refractivity contribution in [3.05, 3.63) is 22.5 Å². The molecule has 1 fully saturated rings. The van der Waals surface area contributed by atoms with Gasteiger partial charge in [0.25, 0.3) is 5.56 Å². The van der Waals surface area contributed by atoms with Crippen LogP contribution in [0.25, 0.3) is 11.2 Å². The molecule has 0 aliphatic heterocycles. The van der Waals surface area contributed by atoms with E-state index >= 15 is 0 Å². The number of hydrogen-bond acceptors (Lipinski definition) is 3. The Kier molecular flexibility index (Phi) is 2.61. The number of rotatable bonds is 1. The topological polar surface area (TPSA) is 63.6 Å². The molecule has 5 nitrogen and oxygen atoms in total. The highest BCUT2D eigenvalue weighted by Crippen LogP contribution is 2.32. The molecule has 0 unspecified atom stereocenters. The fourth-order valence-electron chi connectivity index (χ4n) is 2.51. The van der Waals surface area contributed by atoms with Crippen molar-refractivity contribution >= 4 is 11.2 Å². The fraction of sp³-hybridized carbons (Fsp3) is 0.545. The van der Waals surface area contributed by atoms with Crippen LogP contribution in [0, 0.1) is 0 Å². The standard InChI is InChI=1S/C11H11F3N4O/c12-11(13,14)10-16-8-7(9(19)17-10)15-5-18(8)6-3-1-2-4-6/h5-6H,1-4H2,(H,16,17,19). The Hall–Kier alpha value is -1.86. The molecule has 3 rings (SSSR count). The highest BCUT2D eigenvalue weighted by Gasteiger charge is 2.35. The van der Waals surface area contributed by atoms with Gasteiger partial charge in [0.05, 0.1) is 6.33 Å². The smallest absolute Gasteiger partial charge is 0.312 e. The normalized spacial score (nSPS) is 17.4. The molecule has 102 valence electrons. The molecule has 1 N–H and O–H groups in total. The molecule has 19 heavy (non-hydrogen) atoms. The Morgan fingerprint density at radius 2 is 2.00 bits per heavy atom. The summed E-state index contributed by atoms with van der Waals surface area (Å²) in [4.78, 5) is 20.7.